The first-order valence-corrected chi connectivity index (χ1v) is 8.22. The summed E-state index contributed by atoms with van der Waals surface area (Å²) < 4.78 is 31.7. The molecule has 0 N–H and O–H groups in total. The molecule has 1 heterocycles. The van der Waals surface area contributed by atoms with Crippen LogP contribution in [0.1, 0.15) is 32.8 Å². The van der Waals surface area contributed by atoms with Crippen molar-refractivity contribution in [2.45, 2.75) is 45.5 Å². The van der Waals surface area contributed by atoms with E-state index >= 15 is 0 Å². The lowest BCUT2D eigenvalue weighted by Crippen LogP contribution is -2.51. The Morgan fingerprint density at radius 2 is 1.96 bits per heavy atom. The molecule has 1 unspecified atom stereocenters. The van der Waals surface area contributed by atoms with Gasteiger partial charge < -0.3 is 14.0 Å². The molecule has 24 heavy (non-hydrogen) atoms. The summed E-state index contributed by atoms with van der Waals surface area (Å²) in [6, 6.07) is 14.5. The first-order chi connectivity index (χ1) is 11.4. The van der Waals surface area contributed by atoms with Crippen LogP contribution in [0.2, 0.25) is 0 Å². The van der Waals surface area contributed by atoms with E-state index in [0.29, 0.717) is 12.1 Å². The molecule has 0 saturated carbocycles. The van der Waals surface area contributed by atoms with E-state index in [1.54, 1.807) is 12.1 Å². The average molecular weight is 328 g/mol. The van der Waals surface area contributed by atoms with Gasteiger partial charge in [0.1, 0.15) is 6.61 Å². The maximum absolute atomic E-state index is 14.4. The minimum Gasteiger partial charge on any atom is -0.486 e. The summed E-state index contributed by atoms with van der Waals surface area (Å²) in [7, 11) is -0.554. The lowest BCUT2D eigenvalue weighted by molar-refractivity contribution is -0.0230. The van der Waals surface area contributed by atoms with E-state index in [0.717, 1.165) is 12.0 Å². The van der Waals surface area contributed by atoms with Crippen LogP contribution in [0.5, 0.6) is 5.75 Å². The summed E-state index contributed by atoms with van der Waals surface area (Å²) in [6.45, 7) is 6.38. The van der Waals surface area contributed by atoms with Crippen LogP contribution in [-0.4, -0.2) is 18.8 Å². The van der Waals surface area contributed by atoms with Crippen molar-refractivity contribution in [3.8, 4) is 5.75 Å². The minimum atomic E-state index is -0.554. The highest BCUT2D eigenvalue weighted by atomic mass is 19.1. The van der Waals surface area contributed by atoms with Crippen LogP contribution in [0, 0.1) is 5.82 Å². The summed E-state index contributed by atoms with van der Waals surface area (Å²) in [5.74, 6) is -0.183. The number of hydrogen-bond donors (Lipinski definition) is 0. The van der Waals surface area contributed by atoms with E-state index in [-0.39, 0.29) is 17.5 Å². The van der Waals surface area contributed by atoms with Gasteiger partial charge in [-0.2, -0.15) is 0 Å². The second kappa shape index (κ2) is 6.95. The van der Waals surface area contributed by atoms with E-state index < -0.39 is 12.9 Å². The Balaban J connectivity index is 1.70. The van der Waals surface area contributed by atoms with Crippen molar-refractivity contribution < 1.29 is 18.4 Å². The van der Waals surface area contributed by atoms with Crippen LogP contribution in [-0.2, 0) is 15.9 Å². The predicted octanol–water partition coefficient (Wildman–Crippen LogP) is 3.70. The van der Waals surface area contributed by atoms with Crippen molar-refractivity contribution >= 4 is 12.6 Å². The van der Waals surface area contributed by atoms with Gasteiger partial charge in [-0.3, -0.25) is 0 Å². The Kier molecular flexibility index (Phi) is 4.92. The zero-order valence-electron chi connectivity index (χ0n) is 14.3. The Labute approximate surface area is 142 Å². The van der Waals surface area contributed by atoms with Gasteiger partial charge in [-0.25, -0.2) is 4.39 Å². The highest BCUT2D eigenvalue weighted by Gasteiger charge is 2.38. The van der Waals surface area contributed by atoms with Crippen LogP contribution in [0.15, 0.2) is 48.5 Å². The first kappa shape index (κ1) is 17.0. The zero-order valence-corrected chi connectivity index (χ0v) is 14.3. The maximum Gasteiger partial charge on any atom is 0.494 e. The Morgan fingerprint density at radius 1 is 1.21 bits per heavy atom. The quantitative estimate of drug-likeness (QED) is 0.801. The number of rotatable bonds is 4. The molecule has 5 heteroatoms. The number of hydrogen-bond acceptors (Lipinski definition) is 3. The molecule has 0 radical (unpaired) electrons. The zero-order chi connectivity index (χ0) is 17.2. The summed E-state index contributed by atoms with van der Waals surface area (Å²) >= 11 is 0. The summed E-state index contributed by atoms with van der Waals surface area (Å²) in [5.41, 5.74) is 1.37. The average Bonchev–Trinajstić information content (AvgIpc) is 2.53. The maximum atomic E-state index is 14.4. The van der Waals surface area contributed by atoms with E-state index in [2.05, 4.69) is 0 Å². The highest BCUT2D eigenvalue weighted by molar-refractivity contribution is 6.61. The van der Waals surface area contributed by atoms with Gasteiger partial charge in [0.05, 0.1) is 5.60 Å². The fourth-order valence-corrected chi connectivity index (χ4v) is 2.98. The molecule has 3 rings (SSSR count). The van der Waals surface area contributed by atoms with E-state index in [4.69, 9.17) is 14.0 Å². The third-order valence-electron chi connectivity index (χ3n) is 4.03. The van der Waals surface area contributed by atoms with Crippen LogP contribution in [0.4, 0.5) is 4.39 Å². The molecule has 3 nitrogen and oxygen atoms in total. The molecule has 0 aliphatic carbocycles. The number of ether oxygens (including phenoxy) is 1. The van der Waals surface area contributed by atoms with Gasteiger partial charge in [-0.05, 0) is 50.4 Å². The van der Waals surface area contributed by atoms with Crippen molar-refractivity contribution in [2.24, 2.45) is 0 Å². The summed E-state index contributed by atoms with van der Waals surface area (Å²) in [5, 5.41) is 0. The Hall–Kier alpha value is -1.85. The largest absolute Gasteiger partial charge is 0.494 e. The highest BCUT2D eigenvalue weighted by Crippen LogP contribution is 2.26. The molecule has 0 bridgehead atoms. The molecule has 1 fully saturated rings. The minimum absolute atomic E-state index is 0.0656. The van der Waals surface area contributed by atoms with Gasteiger partial charge in [0, 0.05) is 6.10 Å². The van der Waals surface area contributed by atoms with Gasteiger partial charge in [-0.15, -0.1) is 0 Å². The standard InChI is InChI=1S/C19H22BFO3/c1-14-12-19(2,3)24-20(23-14)16-9-10-18(17(21)11-16)22-13-15-7-5-4-6-8-15/h4-11,14H,12-13H2,1-3H3. The van der Waals surface area contributed by atoms with Crippen molar-refractivity contribution in [3.05, 3.63) is 59.9 Å². The fraction of sp³-hybridized carbons (Fsp3) is 0.368. The van der Waals surface area contributed by atoms with Crippen molar-refractivity contribution in [1.29, 1.82) is 0 Å². The number of halogens is 1. The normalized spacial score (nSPS) is 20.0. The van der Waals surface area contributed by atoms with Gasteiger partial charge in [-0.1, -0.05) is 36.4 Å². The summed E-state index contributed by atoms with van der Waals surface area (Å²) in [4.78, 5) is 0. The third kappa shape index (κ3) is 4.16. The fourth-order valence-electron chi connectivity index (χ4n) is 2.98. The van der Waals surface area contributed by atoms with Crippen LogP contribution in [0.3, 0.4) is 0 Å². The Morgan fingerprint density at radius 3 is 2.62 bits per heavy atom. The van der Waals surface area contributed by atoms with Gasteiger partial charge >= 0.3 is 7.12 Å². The lowest BCUT2D eigenvalue weighted by atomic mass is 9.75. The molecule has 0 aromatic heterocycles. The first-order valence-electron chi connectivity index (χ1n) is 8.22. The van der Waals surface area contributed by atoms with Crippen molar-refractivity contribution in [3.63, 3.8) is 0 Å². The molecular formula is C19H22BFO3. The van der Waals surface area contributed by atoms with Crippen LogP contribution in [0.25, 0.3) is 0 Å². The molecule has 0 spiro atoms. The molecule has 1 saturated heterocycles. The van der Waals surface area contributed by atoms with E-state index in [1.807, 2.05) is 51.1 Å². The second-order valence-electron chi connectivity index (χ2n) is 6.82. The molecule has 2 aromatic carbocycles. The van der Waals surface area contributed by atoms with Gasteiger partial charge in [0.25, 0.3) is 0 Å². The molecule has 2 aromatic rings. The van der Waals surface area contributed by atoms with E-state index in [9.17, 15) is 4.39 Å². The molecule has 0 amide bonds. The molecule has 1 aliphatic heterocycles. The Bertz CT molecular complexity index is 690. The molecule has 1 aliphatic rings. The monoisotopic (exact) mass is 328 g/mol. The van der Waals surface area contributed by atoms with Gasteiger partial charge in [0.2, 0.25) is 0 Å². The second-order valence-corrected chi connectivity index (χ2v) is 6.82. The molecule has 1 atom stereocenters. The van der Waals surface area contributed by atoms with E-state index in [1.165, 1.54) is 6.07 Å². The lowest BCUT2D eigenvalue weighted by Gasteiger charge is -2.38. The smallest absolute Gasteiger partial charge is 0.486 e. The molecule has 126 valence electrons. The molecular weight excluding hydrogens is 306 g/mol. The predicted molar refractivity (Wildman–Crippen MR) is 92.9 cm³/mol. The summed E-state index contributed by atoms with van der Waals surface area (Å²) in [6.07, 6.45) is 0.875. The topological polar surface area (TPSA) is 27.7 Å². The number of benzene rings is 2. The van der Waals surface area contributed by atoms with Gasteiger partial charge in [0.15, 0.2) is 11.6 Å². The third-order valence-corrected chi connectivity index (χ3v) is 4.03. The van der Waals surface area contributed by atoms with Crippen LogP contribution >= 0.6 is 0 Å². The van der Waals surface area contributed by atoms with Crippen molar-refractivity contribution in [2.75, 3.05) is 0 Å². The van der Waals surface area contributed by atoms with Crippen LogP contribution < -0.4 is 10.2 Å². The van der Waals surface area contributed by atoms with Crippen molar-refractivity contribution in [1.82, 2.24) is 0 Å². The SMILES string of the molecule is CC1CC(C)(C)OB(c2ccc(OCc3ccccc3)c(F)c2)O1.